The minimum atomic E-state index is -0.153. The van der Waals surface area contributed by atoms with E-state index in [0.29, 0.717) is 0 Å². The standard InChI is InChI=1S/C23H23NO2S2/c1-16(28-19-10-8-18(26-2)9-11-19)23(25)24-14-12-21-20(13-15-27-21)22(24)17-6-4-3-5-7-17/h3-11,13,15-16,22H,12,14H2,1-2H3. The van der Waals surface area contributed by atoms with Crippen molar-refractivity contribution in [1.82, 2.24) is 4.90 Å². The van der Waals surface area contributed by atoms with E-state index in [1.54, 1.807) is 30.2 Å². The molecule has 0 N–H and O–H groups in total. The Morgan fingerprint density at radius 2 is 1.89 bits per heavy atom. The maximum Gasteiger partial charge on any atom is 0.236 e. The van der Waals surface area contributed by atoms with Crippen LogP contribution in [0, 0.1) is 0 Å². The molecule has 2 unspecified atom stereocenters. The van der Waals surface area contributed by atoms with Crippen LogP contribution in [-0.2, 0) is 11.2 Å². The molecule has 5 heteroatoms. The van der Waals surface area contributed by atoms with Crippen molar-refractivity contribution in [2.24, 2.45) is 0 Å². The number of carbonyl (C=O) groups is 1. The molecule has 28 heavy (non-hydrogen) atoms. The summed E-state index contributed by atoms with van der Waals surface area (Å²) in [6, 6.07) is 20.4. The molecule has 2 atom stereocenters. The predicted octanol–water partition coefficient (Wildman–Crippen LogP) is 5.41. The van der Waals surface area contributed by atoms with Gasteiger partial charge in [-0.2, -0.15) is 0 Å². The lowest BCUT2D eigenvalue weighted by Gasteiger charge is -2.37. The molecule has 3 nitrogen and oxygen atoms in total. The highest BCUT2D eigenvalue weighted by Gasteiger charge is 2.34. The Bertz CT molecular complexity index is 937. The van der Waals surface area contributed by atoms with E-state index < -0.39 is 0 Å². The predicted molar refractivity (Wildman–Crippen MR) is 116 cm³/mol. The third-order valence-electron chi connectivity index (χ3n) is 5.08. The van der Waals surface area contributed by atoms with Crippen molar-refractivity contribution in [2.75, 3.05) is 13.7 Å². The Morgan fingerprint density at radius 3 is 2.61 bits per heavy atom. The van der Waals surface area contributed by atoms with Crippen LogP contribution in [0.4, 0.5) is 0 Å². The second kappa shape index (κ2) is 8.41. The summed E-state index contributed by atoms with van der Waals surface area (Å²) >= 11 is 3.40. The van der Waals surface area contributed by atoms with Gasteiger partial charge in [-0.05, 0) is 60.2 Å². The lowest BCUT2D eigenvalue weighted by molar-refractivity contribution is -0.132. The van der Waals surface area contributed by atoms with E-state index in [4.69, 9.17) is 4.74 Å². The Morgan fingerprint density at radius 1 is 1.14 bits per heavy atom. The topological polar surface area (TPSA) is 29.5 Å². The molecule has 144 valence electrons. The molecule has 1 amide bonds. The number of carbonyl (C=O) groups excluding carboxylic acids is 1. The van der Waals surface area contributed by atoms with Gasteiger partial charge in [-0.1, -0.05) is 30.3 Å². The van der Waals surface area contributed by atoms with Gasteiger partial charge in [-0.25, -0.2) is 0 Å². The molecule has 0 fully saturated rings. The number of hydrogen-bond acceptors (Lipinski definition) is 4. The number of fused-ring (bicyclic) bond motifs is 1. The smallest absolute Gasteiger partial charge is 0.236 e. The minimum Gasteiger partial charge on any atom is -0.497 e. The molecule has 2 aromatic carbocycles. The van der Waals surface area contributed by atoms with E-state index in [0.717, 1.165) is 23.6 Å². The van der Waals surface area contributed by atoms with Crippen LogP contribution in [0.3, 0.4) is 0 Å². The first-order valence-corrected chi connectivity index (χ1v) is 11.2. The lowest BCUT2D eigenvalue weighted by Crippen LogP contribution is -2.43. The minimum absolute atomic E-state index is 0.00242. The summed E-state index contributed by atoms with van der Waals surface area (Å²) in [6.07, 6.45) is 0.933. The number of hydrogen-bond donors (Lipinski definition) is 0. The number of nitrogens with zero attached hydrogens (tertiary/aromatic N) is 1. The number of ether oxygens (including phenoxy) is 1. The van der Waals surface area contributed by atoms with Crippen molar-refractivity contribution in [2.45, 2.75) is 29.5 Å². The third-order valence-corrected chi connectivity index (χ3v) is 7.18. The van der Waals surface area contributed by atoms with Gasteiger partial charge in [0.25, 0.3) is 0 Å². The van der Waals surface area contributed by atoms with Crippen LogP contribution < -0.4 is 4.74 Å². The fourth-order valence-electron chi connectivity index (χ4n) is 3.69. The molecule has 1 aromatic heterocycles. The lowest BCUT2D eigenvalue weighted by atomic mass is 9.93. The first kappa shape index (κ1) is 19.1. The molecule has 1 aliphatic heterocycles. The van der Waals surface area contributed by atoms with Gasteiger partial charge in [0.15, 0.2) is 0 Å². The van der Waals surface area contributed by atoms with Crippen molar-refractivity contribution in [3.05, 3.63) is 82.0 Å². The van der Waals surface area contributed by atoms with Gasteiger partial charge in [0, 0.05) is 16.3 Å². The number of benzene rings is 2. The molecule has 0 spiro atoms. The van der Waals surface area contributed by atoms with E-state index in [2.05, 4.69) is 28.5 Å². The van der Waals surface area contributed by atoms with Crippen LogP contribution >= 0.6 is 23.1 Å². The van der Waals surface area contributed by atoms with E-state index >= 15 is 0 Å². The van der Waals surface area contributed by atoms with Crippen molar-refractivity contribution in [1.29, 1.82) is 0 Å². The zero-order valence-electron chi connectivity index (χ0n) is 16.0. The van der Waals surface area contributed by atoms with Crippen LogP contribution in [0.25, 0.3) is 0 Å². The number of thioether (sulfide) groups is 1. The summed E-state index contributed by atoms with van der Waals surface area (Å²) < 4.78 is 5.22. The second-order valence-electron chi connectivity index (χ2n) is 6.83. The number of thiophene rings is 1. The maximum absolute atomic E-state index is 13.4. The third kappa shape index (κ3) is 3.82. The monoisotopic (exact) mass is 409 g/mol. The Balaban J connectivity index is 1.58. The molecular weight excluding hydrogens is 386 g/mol. The molecule has 0 bridgehead atoms. The van der Waals surface area contributed by atoms with Crippen molar-refractivity contribution < 1.29 is 9.53 Å². The zero-order chi connectivity index (χ0) is 19.5. The van der Waals surface area contributed by atoms with Gasteiger partial charge in [-0.15, -0.1) is 23.1 Å². The fraction of sp³-hybridized carbons (Fsp3) is 0.261. The summed E-state index contributed by atoms with van der Waals surface area (Å²) in [7, 11) is 1.66. The molecule has 3 aromatic rings. The average molecular weight is 410 g/mol. The number of amides is 1. The Hall–Kier alpha value is -2.24. The first-order chi connectivity index (χ1) is 13.7. The highest BCUT2D eigenvalue weighted by Crippen LogP contribution is 2.39. The van der Waals surface area contributed by atoms with Crippen molar-refractivity contribution >= 4 is 29.0 Å². The summed E-state index contributed by atoms with van der Waals surface area (Å²) in [6.45, 7) is 2.77. The summed E-state index contributed by atoms with van der Waals surface area (Å²) in [5.74, 6) is 1.01. The van der Waals surface area contributed by atoms with Crippen molar-refractivity contribution in [3.8, 4) is 5.75 Å². The Labute approximate surface area is 174 Å². The van der Waals surface area contributed by atoms with Crippen LogP contribution in [0.15, 0.2) is 70.9 Å². The summed E-state index contributed by atoms with van der Waals surface area (Å²) in [5.41, 5.74) is 2.45. The molecule has 4 rings (SSSR count). The van der Waals surface area contributed by atoms with E-state index in [1.165, 1.54) is 16.0 Å². The summed E-state index contributed by atoms with van der Waals surface area (Å²) in [4.78, 5) is 18.0. The van der Waals surface area contributed by atoms with Gasteiger partial charge < -0.3 is 9.64 Å². The van der Waals surface area contributed by atoms with E-state index in [1.807, 2.05) is 49.4 Å². The number of methoxy groups -OCH3 is 1. The van der Waals surface area contributed by atoms with Crippen molar-refractivity contribution in [3.63, 3.8) is 0 Å². The van der Waals surface area contributed by atoms with Gasteiger partial charge in [-0.3, -0.25) is 4.79 Å². The average Bonchev–Trinajstić information content (AvgIpc) is 3.22. The van der Waals surface area contributed by atoms with Gasteiger partial charge >= 0.3 is 0 Å². The normalized spacial score (nSPS) is 17.1. The van der Waals surface area contributed by atoms with Gasteiger partial charge in [0.05, 0.1) is 18.4 Å². The van der Waals surface area contributed by atoms with Crippen LogP contribution in [0.2, 0.25) is 0 Å². The fourth-order valence-corrected chi connectivity index (χ4v) is 5.53. The summed E-state index contributed by atoms with van der Waals surface area (Å²) in [5, 5.41) is 1.99. The molecule has 2 heterocycles. The Kier molecular flexibility index (Phi) is 5.74. The molecule has 1 aliphatic rings. The largest absolute Gasteiger partial charge is 0.497 e. The van der Waals surface area contributed by atoms with E-state index in [9.17, 15) is 4.79 Å². The molecule has 0 aliphatic carbocycles. The van der Waals surface area contributed by atoms with Crippen LogP contribution in [-0.4, -0.2) is 29.7 Å². The zero-order valence-corrected chi connectivity index (χ0v) is 17.6. The molecular formula is C23H23NO2S2. The van der Waals surface area contributed by atoms with Gasteiger partial charge in [0.1, 0.15) is 5.75 Å². The van der Waals surface area contributed by atoms with Crippen LogP contribution in [0.5, 0.6) is 5.75 Å². The molecule has 0 saturated carbocycles. The molecule has 0 radical (unpaired) electrons. The van der Waals surface area contributed by atoms with Crippen LogP contribution in [0.1, 0.15) is 29.0 Å². The highest BCUT2D eigenvalue weighted by atomic mass is 32.2. The molecule has 0 saturated heterocycles. The quantitative estimate of drug-likeness (QED) is 0.528. The second-order valence-corrected chi connectivity index (χ2v) is 9.24. The maximum atomic E-state index is 13.4. The van der Waals surface area contributed by atoms with E-state index in [-0.39, 0.29) is 17.2 Å². The number of rotatable bonds is 5. The first-order valence-electron chi connectivity index (χ1n) is 9.40. The highest BCUT2D eigenvalue weighted by molar-refractivity contribution is 8.00. The van der Waals surface area contributed by atoms with Gasteiger partial charge in [0.2, 0.25) is 5.91 Å². The SMILES string of the molecule is COc1ccc(SC(C)C(=O)N2CCc3sccc3C2c2ccccc2)cc1.